The summed E-state index contributed by atoms with van der Waals surface area (Å²) in [6.45, 7) is 5.78. The van der Waals surface area contributed by atoms with Crippen molar-refractivity contribution >= 4 is 28.4 Å². The predicted octanol–water partition coefficient (Wildman–Crippen LogP) is 3.35. The number of rotatable bonds is 5. The van der Waals surface area contributed by atoms with E-state index in [-0.39, 0.29) is 12.1 Å². The van der Waals surface area contributed by atoms with Crippen molar-refractivity contribution in [3.8, 4) is 17.2 Å². The molecule has 10 nitrogen and oxygen atoms in total. The molecule has 10 heteroatoms. The number of hydrogen-bond donors (Lipinski definition) is 2. The molecule has 5 heterocycles. The van der Waals surface area contributed by atoms with E-state index < -0.39 is 0 Å². The second kappa shape index (κ2) is 8.76. The third kappa shape index (κ3) is 4.06. The van der Waals surface area contributed by atoms with Gasteiger partial charge < -0.3 is 16.0 Å². The van der Waals surface area contributed by atoms with Gasteiger partial charge in [-0.15, -0.1) is 0 Å². The van der Waals surface area contributed by atoms with Gasteiger partial charge in [0.15, 0.2) is 11.3 Å². The molecule has 5 rings (SSSR count). The topological polar surface area (TPSA) is 126 Å². The molecule has 0 amide bonds. The molecule has 3 N–H and O–H groups in total. The Morgan fingerprint density at radius 2 is 2.09 bits per heavy atom. The Bertz CT molecular complexity index is 1380. The van der Waals surface area contributed by atoms with Crippen LogP contribution in [0.4, 0.5) is 17.3 Å². The normalized spacial score (nSPS) is 16.2. The maximum atomic E-state index is 9.43. The van der Waals surface area contributed by atoms with Gasteiger partial charge in [-0.05, 0) is 38.8 Å². The van der Waals surface area contributed by atoms with Crippen molar-refractivity contribution in [2.45, 2.75) is 38.8 Å². The summed E-state index contributed by atoms with van der Waals surface area (Å²) in [5.41, 5.74) is 10.4. The van der Waals surface area contributed by atoms with Crippen LogP contribution < -0.4 is 16.0 Å². The molecule has 1 saturated heterocycles. The molecule has 4 aromatic rings. The van der Waals surface area contributed by atoms with Gasteiger partial charge in [-0.2, -0.15) is 15.5 Å². The number of anilines is 3. The number of hydrogen-bond acceptors (Lipinski definition) is 8. The summed E-state index contributed by atoms with van der Waals surface area (Å²) in [6.07, 6.45) is 7.81. The first-order valence-corrected chi connectivity index (χ1v) is 11.5. The predicted molar refractivity (Wildman–Crippen MR) is 132 cm³/mol. The zero-order valence-corrected chi connectivity index (χ0v) is 19.6. The number of pyridine rings is 2. The number of piperidine rings is 1. The first kappa shape index (κ1) is 21.9. The molecule has 0 unspecified atom stereocenters. The van der Waals surface area contributed by atoms with Gasteiger partial charge in [-0.3, -0.25) is 4.68 Å². The van der Waals surface area contributed by atoms with Gasteiger partial charge in [0.05, 0.1) is 11.6 Å². The van der Waals surface area contributed by atoms with E-state index in [4.69, 9.17) is 10.7 Å². The third-order valence-corrected chi connectivity index (χ3v) is 6.10. The SMILES string of the molecule is CC(C)n1nc(C#N)c2ccc(Nc3cc(N4CCC[C@H](N)C4)c(-c4cnn(C)c4)cn3)nc21. The average molecular weight is 457 g/mol. The highest BCUT2D eigenvalue weighted by atomic mass is 15.3. The molecule has 4 aromatic heterocycles. The summed E-state index contributed by atoms with van der Waals surface area (Å²) in [5, 5.41) is 22.3. The maximum Gasteiger partial charge on any atom is 0.172 e. The van der Waals surface area contributed by atoms with Crippen LogP contribution in [0.2, 0.25) is 0 Å². The van der Waals surface area contributed by atoms with Crippen LogP contribution >= 0.6 is 0 Å². The molecule has 0 radical (unpaired) electrons. The number of nitriles is 1. The van der Waals surface area contributed by atoms with Crippen molar-refractivity contribution in [1.29, 1.82) is 5.26 Å². The van der Waals surface area contributed by atoms with Gasteiger partial charge in [0.25, 0.3) is 0 Å². The largest absolute Gasteiger partial charge is 0.369 e. The number of aryl methyl sites for hydroxylation is 1. The van der Waals surface area contributed by atoms with Crippen molar-refractivity contribution in [2.24, 2.45) is 12.8 Å². The Balaban J connectivity index is 1.53. The molecule has 1 atom stereocenters. The Labute approximate surface area is 198 Å². The molecule has 0 aliphatic carbocycles. The van der Waals surface area contributed by atoms with Crippen LogP contribution in [-0.2, 0) is 7.05 Å². The van der Waals surface area contributed by atoms with Gasteiger partial charge in [-0.25, -0.2) is 14.6 Å². The minimum absolute atomic E-state index is 0.0825. The molecule has 0 bridgehead atoms. The average Bonchev–Trinajstić information content (AvgIpc) is 3.42. The quantitative estimate of drug-likeness (QED) is 0.468. The molecule has 34 heavy (non-hydrogen) atoms. The van der Waals surface area contributed by atoms with Crippen LogP contribution in [-0.4, -0.2) is 48.7 Å². The smallest absolute Gasteiger partial charge is 0.172 e. The molecule has 0 saturated carbocycles. The zero-order valence-electron chi connectivity index (χ0n) is 19.6. The number of nitrogens with zero attached hydrogens (tertiary/aromatic N) is 8. The summed E-state index contributed by atoms with van der Waals surface area (Å²) in [4.78, 5) is 11.7. The third-order valence-electron chi connectivity index (χ3n) is 6.10. The van der Waals surface area contributed by atoms with E-state index in [9.17, 15) is 5.26 Å². The van der Waals surface area contributed by atoms with Crippen LogP contribution in [0, 0.1) is 11.3 Å². The molecule has 1 fully saturated rings. The molecule has 0 aromatic carbocycles. The monoisotopic (exact) mass is 456 g/mol. The highest BCUT2D eigenvalue weighted by Gasteiger charge is 2.22. The maximum absolute atomic E-state index is 9.43. The van der Waals surface area contributed by atoms with Gasteiger partial charge in [-0.1, -0.05) is 0 Å². The van der Waals surface area contributed by atoms with Gasteiger partial charge in [0, 0.05) is 67.5 Å². The first-order chi connectivity index (χ1) is 16.4. The summed E-state index contributed by atoms with van der Waals surface area (Å²) in [6, 6.07) is 8.17. The van der Waals surface area contributed by atoms with Crippen molar-refractivity contribution in [3.05, 3.63) is 42.5 Å². The van der Waals surface area contributed by atoms with Crippen molar-refractivity contribution in [3.63, 3.8) is 0 Å². The lowest BCUT2D eigenvalue weighted by atomic mass is 10.0. The summed E-state index contributed by atoms with van der Waals surface area (Å²) in [5.74, 6) is 1.33. The fourth-order valence-electron chi connectivity index (χ4n) is 4.45. The Kier molecular flexibility index (Phi) is 5.63. The highest BCUT2D eigenvalue weighted by Crippen LogP contribution is 2.34. The Morgan fingerprint density at radius 1 is 1.24 bits per heavy atom. The lowest BCUT2D eigenvalue weighted by Crippen LogP contribution is -2.43. The second-order valence-electron chi connectivity index (χ2n) is 9.03. The zero-order chi connectivity index (χ0) is 23.8. The number of aromatic nitrogens is 6. The van der Waals surface area contributed by atoms with Crippen LogP contribution in [0.15, 0.2) is 36.8 Å². The van der Waals surface area contributed by atoms with Crippen LogP contribution in [0.3, 0.4) is 0 Å². The molecule has 1 aliphatic rings. The summed E-state index contributed by atoms with van der Waals surface area (Å²) >= 11 is 0. The fourth-order valence-corrected chi connectivity index (χ4v) is 4.45. The van der Waals surface area contributed by atoms with E-state index in [0.717, 1.165) is 48.1 Å². The second-order valence-corrected chi connectivity index (χ2v) is 9.03. The molecule has 1 aliphatic heterocycles. The lowest BCUT2D eigenvalue weighted by molar-refractivity contribution is 0.506. The highest BCUT2D eigenvalue weighted by molar-refractivity contribution is 5.84. The molecular formula is C24H28N10. The van der Waals surface area contributed by atoms with Crippen LogP contribution in [0.5, 0.6) is 0 Å². The van der Waals surface area contributed by atoms with Crippen molar-refractivity contribution < 1.29 is 0 Å². The van der Waals surface area contributed by atoms with E-state index in [2.05, 4.69) is 31.5 Å². The van der Waals surface area contributed by atoms with E-state index >= 15 is 0 Å². The Hall–Kier alpha value is -3.97. The minimum atomic E-state index is 0.0825. The number of nitrogens with two attached hydrogens (primary N) is 1. The summed E-state index contributed by atoms with van der Waals surface area (Å²) in [7, 11) is 1.91. The van der Waals surface area contributed by atoms with E-state index in [0.29, 0.717) is 23.0 Å². The number of fused-ring (bicyclic) bond motifs is 1. The van der Waals surface area contributed by atoms with Crippen molar-refractivity contribution in [1.82, 2.24) is 29.5 Å². The van der Waals surface area contributed by atoms with E-state index in [1.165, 1.54) is 0 Å². The van der Waals surface area contributed by atoms with E-state index in [1.54, 1.807) is 9.36 Å². The molecule has 174 valence electrons. The minimum Gasteiger partial charge on any atom is -0.369 e. The van der Waals surface area contributed by atoms with E-state index in [1.807, 2.05) is 57.7 Å². The van der Waals surface area contributed by atoms with Crippen LogP contribution in [0.1, 0.15) is 38.4 Å². The van der Waals surface area contributed by atoms with Gasteiger partial charge in [0.1, 0.15) is 17.7 Å². The fraction of sp³-hybridized carbons (Fsp3) is 0.375. The number of nitrogens with one attached hydrogen (secondary N) is 1. The van der Waals surface area contributed by atoms with Crippen LogP contribution in [0.25, 0.3) is 22.2 Å². The van der Waals surface area contributed by atoms with Crippen molar-refractivity contribution in [2.75, 3.05) is 23.3 Å². The molecular weight excluding hydrogens is 428 g/mol. The Morgan fingerprint density at radius 3 is 2.79 bits per heavy atom. The summed E-state index contributed by atoms with van der Waals surface area (Å²) < 4.78 is 3.57. The first-order valence-electron chi connectivity index (χ1n) is 11.5. The van der Waals surface area contributed by atoms with Gasteiger partial charge in [0.2, 0.25) is 0 Å². The molecule has 0 spiro atoms. The van der Waals surface area contributed by atoms with Gasteiger partial charge >= 0.3 is 0 Å². The standard InChI is InChI=1S/C24H28N10/c1-15(2)34-24-18(20(10-25)31-34)6-7-22(30-24)29-23-9-21(33-8-4-5-17(26)14-33)19(12-27-23)16-11-28-32(3)13-16/h6-7,9,11-13,15,17H,4-5,8,14,26H2,1-3H3,(H,27,29,30)/t17-/m0/s1. The lowest BCUT2D eigenvalue weighted by Gasteiger charge is -2.34.